The van der Waals surface area contributed by atoms with E-state index >= 15 is 0 Å². The van der Waals surface area contributed by atoms with Crippen molar-refractivity contribution in [3.05, 3.63) is 53.1 Å². The van der Waals surface area contributed by atoms with Crippen LogP contribution in [0, 0.1) is 0 Å². The molecule has 2 amide bonds. The summed E-state index contributed by atoms with van der Waals surface area (Å²) in [5, 5.41) is 10.8. The molecule has 132 valence electrons. The Morgan fingerprint density at radius 3 is 2.28 bits per heavy atom. The van der Waals surface area contributed by atoms with Gasteiger partial charge < -0.3 is 15.3 Å². The Labute approximate surface area is 145 Å². The standard InChI is InChI=1S/C16H12ClF3N2O3/c1-22(10-3-5-11(23)6-4-10)15(25)14(24)21-9-2-7-13(17)12(8-9)16(18,19)20/h2-8,23H,1H3,(H,21,24). The molecule has 9 heteroatoms. The van der Waals surface area contributed by atoms with Crippen LogP contribution in [0.5, 0.6) is 5.75 Å². The second kappa shape index (κ2) is 7.02. The molecule has 0 aromatic heterocycles. The van der Waals surface area contributed by atoms with Gasteiger partial charge in [-0.3, -0.25) is 9.59 Å². The number of phenolic OH excluding ortho intramolecular Hbond substituents is 1. The van der Waals surface area contributed by atoms with Gasteiger partial charge in [-0.25, -0.2) is 0 Å². The highest BCUT2D eigenvalue weighted by molar-refractivity contribution is 6.44. The summed E-state index contributed by atoms with van der Waals surface area (Å²) in [5.74, 6) is -2.13. The zero-order valence-corrected chi connectivity index (χ0v) is 13.5. The molecule has 0 saturated carbocycles. The molecule has 25 heavy (non-hydrogen) atoms. The van der Waals surface area contributed by atoms with Crippen molar-refractivity contribution in [2.75, 3.05) is 17.3 Å². The number of carbonyl (C=O) groups is 2. The van der Waals surface area contributed by atoms with Crippen LogP contribution in [0.1, 0.15) is 5.56 Å². The summed E-state index contributed by atoms with van der Waals surface area (Å²) < 4.78 is 38.4. The van der Waals surface area contributed by atoms with Gasteiger partial charge in [-0.1, -0.05) is 11.6 Å². The predicted molar refractivity (Wildman–Crippen MR) is 86.6 cm³/mol. The average molecular weight is 373 g/mol. The number of aromatic hydroxyl groups is 1. The van der Waals surface area contributed by atoms with Crippen LogP contribution in [-0.4, -0.2) is 24.0 Å². The fraction of sp³-hybridized carbons (Fsp3) is 0.125. The van der Waals surface area contributed by atoms with Gasteiger partial charge in [0.2, 0.25) is 0 Å². The molecule has 0 unspecified atom stereocenters. The number of halogens is 4. The summed E-state index contributed by atoms with van der Waals surface area (Å²) in [4.78, 5) is 25.1. The molecule has 0 heterocycles. The SMILES string of the molecule is CN(C(=O)C(=O)Nc1ccc(Cl)c(C(F)(F)F)c1)c1ccc(O)cc1. The molecule has 0 aliphatic carbocycles. The van der Waals surface area contributed by atoms with Crippen LogP contribution in [0.15, 0.2) is 42.5 Å². The Bertz CT molecular complexity index is 807. The predicted octanol–water partition coefficient (Wildman–Crippen LogP) is 3.67. The first-order chi connectivity index (χ1) is 11.6. The lowest BCUT2D eigenvalue weighted by Gasteiger charge is -2.17. The van der Waals surface area contributed by atoms with Gasteiger partial charge in [0.1, 0.15) is 5.75 Å². The normalized spacial score (nSPS) is 11.1. The highest BCUT2D eigenvalue weighted by Gasteiger charge is 2.33. The third-order valence-corrected chi connectivity index (χ3v) is 3.60. The summed E-state index contributed by atoms with van der Waals surface area (Å²) in [6.07, 6.45) is -4.69. The lowest BCUT2D eigenvalue weighted by Crippen LogP contribution is -2.37. The number of hydrogen-bond donors (Lipinski definition) is 2. The van der Waals surface area contributed by atoms with Gasteiger partial charge in [-0.05, 0) is 42.5 Å². The van der Waals surface area contributed by atoms with Crippen molar-refractivity contribution in [1.29, 1.82) is 0 Å². The molecule has 0 aliphatic rings. The van der Waals surface area contributed by atoms with Crippen molar-refractivity contribution in [3.8, 4) is 5.75 Å². The number of anilines is 2. The highest BCUT2D eigenvalue weighted by Crippen LogP contribution is 2.36. The molecule has 2 N–H and O–H groups in total. The maximum absolute atomic E-state index is 12.8. The summed E-state index contributed by atoms with van der Waals surface area (Å²) in [6, 6.07) is 8.25. The second-order valence-corrected chi connectivity index (χ2v) is 5.43. The number of rotatable bonds is 2. The van der Waals surface area contributed by atoms with Gasteiger partial charge in [0, 0.05) is 18.4 Å². The summed E-state index contributed by atoms with van der Waals surface area (Å²) in [7, 11) is 1.32. The van der Waals surface area contributed by atoms with Crippen molar-refractivity contribution in [2.45, 2.75) is 6.18 Å². The van der Waals surface area contributed by atoms with E-state index in [2.05, 4.69) is 5.32 Å². The molecule has 0 atom stereocenters. The van der Waals surface area contributed by atoms with E-state index in [1.807, 2.05) is 0 Å². The number of nitrogens with zero attached hydrogens (tertiary/aromatic N) is 1. The van der Waals surface area contributed by atoms with Crippen LogP contribution in [0.4, 0.5) is 24.5 Å². The Balaban J connectivity index is 2.16. The monoisotopic (exact) mass is 372 g/mol. The van der Waals surface area contributed by atoms with Crippen molar-refractivity contribution in [2.24, 2.45) is 0 Å². The Morgan fingerprint density at radius 2 is 1.72 bits per heavy atom. The molecular formula is C16H12ClF3N2O3. The number of nitrogens with one attached hydrogen (secondary N) is 1. The topological polar surface area (TPSA) is 69.6 Å². The molecule has 0 bridgehead atoms. The van der Waals surface area contributed by atoms with Crippen LogP contribution in [0.3, 0.4) is 0 Å². The maximum atomic E-state index is 12.8. The maximum Gasteiger partial charge on any atom is 0.417 e. The fourth-order valence-electron chi connectivity index (χ4n) is 1.95. The molecule has 5 nitrogen and oxygen atoms in total. The molecule has 0 spiro atoms. The molecule has 0 radical (unpaired) electrons. The molecule has 0 saturated heterocycles. The smallest absolute Gasteiger partial charge is 0.417 e. The van der Waals surface area contributed by atoms with Crippen LogP contribution in [-0.2, 0) is 15.8 Å². The van der Waals surface area contributed by atoms with Crippen molar-refractivity contribution < 1.29 is 27.9 Å². The molecule has 0 aliphatic heterocycles. The number of carbonyl (C=O) groups excluding carboxylic acids is 2. The first-order valence-electron chi connectivity index (χ1n) is 6.84. The first-order valence-corrected chi connectivity index (χ1v) is 7.22. The largest absolute Gasteiger partial charge is 0.508 e. The van der Waals surface area contributed by atoms with Gasteiger partial charge in [0.05, 0.1) is 10.6 Å². The minimum atomic E-state index is -4.69. The van der Waals surface area contributed by atoms with E-state index in [1.165, 1.54) is 31.3 Å². The van der Waals surface area contributed by atoms with E-state index in [0.717, 1.165) is 17.0 Å². The number of phenols is 1. The van der Waals surface area contributed by atoms with Crippen LogP contribution in [0.25, 0.3) is 0 Å². The van der Waals surface area contributed by atoms with Crippen LogP contribution >= 0.6 is 11.6 Å². The fourth-order valence-corrected chi connectivity index (χ4v) is 2.18. The third kappa shape index (κ3) is 4.42. The third-order valence-electron chi connectivity index (χ3n) is 3.27. The van der Waals surface area contributed by atoms with Crippen molar-refractivity contribution in [3.63, 3.8) is 0 Å². The number of likely N-dealkylation sites (N-methyl/N-ethyl adjacent to an activating group) is 1. The highest BCUT2D eigenvalue weighted by atomic mass is 35.5. The molecule has 2 rings (SSSR count). The molecular weight excluding hydrogens is 361 g/mol. The summed E-state index contributed by atoms with van der Waals surface area (Å²) in [6.45, 7) is 0. The van der Waals surface area contributed by atoms with Crippen molar-refractivity contribution in [1.82, 2.24) is 0 Å². The number of amides is 2. The summed E-state index contributed by atoms with van der Waals surface area (Å²) in [5.41, 5.74) is -1.01. The zero-order chi connectivity index (χ0) is 18.8. The van der Waals surface area contributed by atoms with E-state index in [9.17, 15) is 27.9 Å². The molecule has 2 aromatic carbocycles. The van der Waals surface area contributed by atoms with Crippen molar-refractivity contribution >= 4 is 34.8 Å². The van der Waals surface area contributed by atoms with E-state index in [-0.39, 0.29) is 11.4 Å². The number of alkyl halides is 3. The van der Waals surface area contributed by atoms with Crippen LogP contribution < -0.4 is 10.2 Å². The van der Waals surface area contributed by atoms with Gasteiger partial charge in [0.25, 0.3) is 0 Å². The minimum Gasteiger partial charge on any atom is -0.508 e. The van der Waals surface area contributed by atoms with Crippen LogP contribution in [0.2, 0.25) is 5.02 Å². The lowest BCUT2D eigenvalue weighted by atomic mass is 10.2. The second-order valence-electron chi connectivity index (χ2n) is 5.03. The van der Waals surface area contributed by atoms with Gasteiger partial charge in [-0.2, -0.15) is 13.2 Å². The lowest BCUT2D eigenvalue weighted by molar-refractivity contribution is -0.137. The number of hydrogen-bond acceptors (Lipinski definition) is 3. The number of benzene rings is 2. The summed E-state index contributed by atoms with van der Waals surface area (Å²) >= 11 is 5.49. The zero-order valence-electron chi connectivity index (χ0n) is 12.8. The Kier molecular flexibility index (Phi) is 5.22. The van der Waals surface area contributed by atoms with E-state index < -0.39 is 28.6 Å². The Morgan fingerprint density at radius 1 is 1.12 bits per heavy atom. The minimum absolute atomic E-state index is 0.0186. The van der Waals surface area contributed by atoms with Gasteiger partial charge in [0.15, 0.2) is 0 Å². The average Bonchev–Trinajstić information content (AvgIpc) is 2.55. The van der Waals surface area contributed by atoms with E-state index in [0.29, 0.717) is 11.8 Å². The van der Waals surface area contributed by atoms with Gasteiger partial charge >= 0.3 is 18.0 Å². The quantitative estimate of drug-likeness (QED) is 0.790. The van der Waals surface area contributed by atoms with E-state index in [1.54, 1.807) is 0 Å². The van der Waals surface area contributed by atoms with E-state index in [4.69, 9.17) is 11.6 Å². The first kappa shape index (κ1) is 18.6. The van der Waals surface area contributed by atoms with Gasteiger partial charge in [-0.15, -0.1) is 0 Å². The molecule has 0 fully saturated rings. The Hall–Kier alpha value is -2.74. The molecule has 2 aromatic rings.